The second-order valence-corrected chi connectivity index (χ2v) is 19.2. The predicted molar refractivity (Wildman–Crippen MR) is 305 cm³/mol. The van der Waals surface area contributed by atoms with Crippen LogP contribution in [0.4, 0.5) is 60.5 Å². The normalized spacial score (nSPS) is 12.0. The van der Waals surface area contributed by atoms with E-state index in [4.69, 9.17) is 0 Å². The van der Waals surface area contributed by atoms with E-state index < -0.39 is 29.0 Å². The summed E-state index contributed by atoms with van der Waals surface area (Å²) in [7, 11) is 0. The molecule has 0 saturated carbocycles. The number of fused-ring (bicyclic) bond motifs is 6. The number of aromatic nitrogens is 2. The lowest BCUT2D eigenvalue weighted by Gasteiger charge is -2.25. The molecule has 0 aliphatic rings. The number of hydrogen-bond acceptors (Lipinski definition) is 2. The molecular weight excluding hydrogens is 987 g/mol. The van der Waals surface area contributed by atoms with Crippen LogP contribution in [0.3, 0.4) is 0 Å². The van der Waals surface area contributed by atoms with Gasteiger partial charge in [-0.05, 0) is 144 Å². The predicted octanol–water partition coefficient (Wildman–Crippen LogP) is 20.2. The maximum Gasteiger partial charge on any atom is 0.417 e. The zero-order valence-corrected chi connectivity index (χ0v) is 41.5. The quantitative estimate of drug-likeness (QED) is 0.127. The van der Waals surface area contributed by atoms with Crippen LogP contribution in [0.5, 0.6) is 0 Å². The first-order valence-corrected chi connectivity index (χ1v) is 25.4. The number of para-hydroxylation sites is 6. The van der Waals surface area contributed by atoms with Crippen molar-refractivity contribution in [2.45, 2.75) is 12.4 Å². The molecule has 0 unspecified atom stereocenters. The molecule has 2 heterocycles. The third-order valence-electron chi connectivity index (χ3n) is 14.5. The van der Waals surface area contributed by atoms with Gasteiger partial charge in [0.25, 0.3) is 0 Å². The minimum absolute atomic E-state index is 0.202. The monoisotopic (exact) mass is 1030 g/mol. The molecule has 10 heteroatoms. The van der Waals surface area contributed by atoms with Crippen LogP contribution in [-0.4, -0.2) is 9.13 Å². The summed E-state index contributed by atoms with van der Waals surface area (Å²) in [4.78, 5) is 4.45. The number of benzene rings is 11. The van der Waals surface area contributed by atoms with Crippen LogP contribution in [0.1, 0.15) is 11.1 Å². The fourth-order valence-electron chi connectivity index (χ4n) is 11.1. The Kier molecular flexibility index (Phi) is 11.7. The van der Waals surface area contributed by atoms with E-state index >= 15 is 0 Å². The first-order valence-electron chi connectivity index (χ1n) is 25.4. The Labute approximate surface area is 445 Å². The molecule has 0 aliphatic heterocycles. The Morgan fingerprint density at radius 3 is 0.987 bits per heavy atom. The molecule has 0 radical (unpaired) electrons. The maximum atomic E-state index is 14.5. The molecular formula is C68H44F6N4. The van der Waals surface area contributed by atoms with E-state index in [0.29, 0.717) is 23.3 Å². The fourth-order valence-corrected chi connectivity index (χ4v) is 11.1. The number of rotatable bonds is 10. The highest BCUT2D eigenvalue weighted by molar-refractivity contribution is 6.12. The summed E-state index contributed by atoms with van der Waals surface area (Å²) in [6.07, 6.45) is -10.1. The Hall–Kier alpha value is -9.80. The number of nitrogens with zero attached hydrogens (tertiary/aromatic N) is 4. The number of hydrogen-bond donors (Lipinski definition) is 0. The van der Waals surface area contributed by atoms with Gasteiger partial charge in [0.1, 0.15) is 0 Å². The van der Waals surface area contributed by atoms with Gasteiger partial charge >= 0.3 is 12.4 Å². The largest absolute Gasteiger partial charge is 0.417 e. The van der Waals surface area contributed by atoms with Crippen LogP contribution >= 0.6 is 0 Å². The highest BCUT2D eigenvalue weighted by Gasteiger charge is 2.41. The van der Waals surface area contributed by atoms with E-state index in [9.17, 15) is 26.3 Å². The number of halogens is 6. The summed E-state index contributed by atoms with van der Waals surface area (Å²) < 4.78 is 91.5. The summed E-state index contributed by atoms with van der Waals surface area (Å²) in [5.41, 5.74) is 8.67. The second-order valence-electron chi connectivity index (χ2n) is 19.2. The summed E-state index contributed by atoms with van der Waals surface area (Å²) in [6.45, 7) is 0. The van der Waals surface area contributed by atoms with E-state index in [0.717, 1.165) is 95.2 Å². The molecule has 0 spiro atoms. The highest BCUT2D eigenvalue weighted by atomic mass is 19.4. The van der Waals surface area contributed by atoms with Crippen LogP contribution in [0, 0.1) is 0 Å². The lowest BCUT2D eigenvalue weighted by atomic mass is 9.92. The molecule has 2 aromatic heterocycles. The minimum atomic E-state index is -5.03. The Morgan fingerprint density at radius 2 is 0.603 bits per heavy atom. The highest BCUT2D eigenvalue weighted by Crippen LogP contribution is 2.47. The van der Waals surface area contributed by atoms with Gasteiger partial charge in [-0.2, -0.15) is 26.3 Å². The van der Waals surface area contributed by atoms with E-state index in [2.05, 4.69) is 134 Å². The molecule has 0 atom stereocenters. The summed E-state index contributed by atoms with van der Waals surface area (Å²) in [6, 6.07) is 84.6. The van der Waals surface area contributed by atoms with Gasteiger partial charge in [-0.25, -0.2) is 0 Å². The maximum absolute atomic E-state index is 14.5. The lowest BCUT2D eigenvalue weighted by Crippen LogP contribution is -2.14. The van der Waals surface area contributed by atoms with Crippen molar-refractivity contribution in [3.8, 4) is 33.6 Å². The molecule has 0 fully saturated rings. The van der Waals surface area contributed by atoms with Crippen molar-refractivity contribution in [1.29, 1.82) is 0 Å². The van der Waals surface area contributed by atoms with Crippen molar-refractivity contribution in [3.05, 3.63) is 278 Å². The number of anilines is 6. The van der Waals surface area contributed by atoms with Crippen LogP contribution in [0.15, 0.2) is 267 Å². The number of alkyl halides is 6. The molecule has 0 saturated heterocycles. The minimum Gasteiger partial charge on any atom is -0.310 e. The fraction of sp³-hybridized carbons (Fsp3) is 0.0294. The van der Waals surface area contributed by atoms with Crippen molar-refractivity contribution < 1.29 is 26.3 Å². The molecule has 78 heavy (non-hydrogen) atoms. The second kappa shape index (κ2) is 19.1. The first kappa shape index (κ1) is 47.9. The Bertz CT molecular complexity index is 4010. The Morgan fingerprint density at radius 1 is 0.256 bits per heavy atom. The SMILES string of the molecule is FC(F)(F)c1cccc(C(F)(F)F)c1-c1ccc(-c2cc(-n3c4ccccc4c4cc(N(c5ccccc5)c5ccccc5)ccc43)cc(-n3c4ccccc4c4cc(N(c5ccccc5)c5ccccc5)ccc43)c2)cc1. The van der Waals surface area contributed by atoms with Gasteiger partial charge in [-0.1, -0.05) is 140 Å². The standard InChI is InChI=1S/C68H44F6N4/c69-67(70,71)60-28-17-29-61(68(72,73)74)66(60)46-34-32-45(33-35-46)47-40-54(77-62-30-15-13-26-56(62)58-43-52(36-38-64(58)77)75(48-18-5-1-6-19-48)49-20-7-2-8-21-49)42-55(41-47)78-63-31-16-14-27-57(63)59-44-53(37-39-65(59)78)76(50-22-9-3-10-23-50)51-24-11-4-12-25-51/h1-44H. The first-order chi connectivity index (χ1) is 38.0. The molecule has 378 valence electrons. The van der Waals surface area contributed by atoms with Crippen molar-refractivity contribution in [2.24, 2.45) is 0 Å². The average Bonchev–Trinajstić information content (AvgIpc) is 4.21. The Balaban J connectivity index is 1.04. The summed E-state index contributed by atoms with van der Waals surface area (Å²) in [5, 5.41) is 4.04. The molecule has 13 rings (SSSR count). The average molecular weight is 1030 g/mol. The van der Waals surface area contributed by atoms with E-state index in [1.165, 1.54) is 12.1 Å². The van der Waals surface area contributed by atoms with Gasteiger partial charge in [0.05, 0.1) is 33.2 Å². The van der Waals surface area contributed by atoms with Crippen LogP contribution in [-0.2, 0) is 12.4 Å². The third kappa shape index (κ3) is 8.48. The topological polar surface area (TPSA) is 16.3 Å². The molecule has 4 nitrogen and oxygen atoms in total. The molecule has 13 aromatic rings. The van der Waals surface area contributed by atoms with Crippen molar-refractivity contribution >= 4 is 77.7 Å². The third-order valence-corrected chi connectivity index (χ3v) is 14.5. The molecule has 0 bridgehead atoms. The van der Waals surface area contributed by atoms with Crippen molar-refractivity contribution in [2.75, 3.05) is 9.80 Å². The van der Waals surface area contributed by atoms with Crippen molar-refractivity contribution in [1.82, 2.24) is 9.13 Å². The van der Waals surface area contributed by atoms with Gasteiger partial charge in [0.2, 0.25) is 0 Å². The van der Waals surface area contributed by atoms with E-state index in [1.807, 2.05) is 109 Å². The van der Waals surface area contributed by atoms with Crippen LogP contribution in [0.2, 0.25) is 0 Å². The zero-order valence-electron chi connectivity index (χ0n) is 41.5. The van der Waals surface area contributed by atoms with Gasteiger partial charge in [-0.3, -0.25) is 0 Å². The lowest BCUT2D eigenvalue weighted by molar-refractivity contribution is -0.142. The van der Waals surface area contributed by atoms with Gasteiger partial charge in [0.15, 0.2) is 0 Å². The smallest absolute Gasteiger partial charge is 0.310 e. The van der Waals surface area contributed by atoms with Gasteiger partial charge in [-0.15, -0.1) is 0 Å². The summed E-state index contributed by atoms with van der Waals surface area (Å²) >= 11 is 0. The van der Waals surface area contributed by atoms with Crippen molar-refractivity contribution in [3.63, 3.8) is 0 Å². The molecule has 0 aliphatic carbocycles. The summed E-state index contributed by atoms with van der Waals surface area (Å²) in [5.74, 6) is 0. The molecule has 0 amide bonds. The van der Waals surface area contributed by atoms with E-state index in [-0.39, 0.29) is 5.56 Å². The van der Waals surface area contributed by atoms with Crippen LogP contribution in [0.25, 0.3) is 77.2 Å². The van der Waals surface area contributed by atoms with Crippen LogP contribution < -0.4 is 9.80 Å². The van der Waals surface area contributed by atoms with Gasteiger partial charge in [0, 0.05) is 72.6 Å². The van der Waals surface area contributed by atoms with Gasteiger partial charge < -0.3 is 18.9 Å². The molecule has 11 aromatic carbocycles. The molecule has 0 N–H and O–H groups in total. The van der Waals surface area contributed by atoms with E-state index in [1.54, 1.807) is 12.1 Å². The zero-order chi connectivity index (χ0) is 53.1.